The maximum absolute atomic E-state index is 13.7. The molecule has 1 aromatic carbocycles. The zero-order chi connectivity index (χ0) is 16.1. The van der Waals surface area contributed by atoms with E-state index in [4.69, 9.17) is 13.9 Å². The van der Waals surface area contributed by atoms with Crippen LogP contribution >= 0.6 is 0 Å². The number of hydrogen-bond acceptors (Lipinski definition) is 4. The van der Waals surface area contributed by atoms with Crippen molar-refractivity contribution in [1.29, 1.82) is 0 Å². The Kier molecular flexibility index (Phi) is 5.16. The molecule has 0 fully saturated rings. The summed E-state index contributed by atoms with van der Waals surface area (Å²) >= 11 is 0. The summed E-state index contributed by atoms with van der Waals surface area (Å²) in [5.74, 6) is 0.242. The van der Waals surface area contributed by atoms with Crippen molar-refractivity contribution in [2.24, 2.45) is 0 Å². The Morgan fingerprint density at radius 2 is 2.05 bits per heavy atom. The Morgan fingerprint density at radius 3 is 2.68 bits per heavy atom. The fourth-order valence-corrected chi connectivity index (χ4v) is 2.05. The number of halogens is 1. The van der Waals surface area contributed by atoms with E-state index in [1.807, 2.05) is 0 Å². The van der Waals surface area contributed by atoms with Crippen molar-refractivity contribution in [2.75, 3.05) is 21.3 Å². The lowest BCUT2D eigenvalue weighted by Crippen LogP contribution is -2.25. The summed E-state index contributed by atoms with van der Waals surface area (Å²) in [4.78, 5) is 13.7. The molecule has 1 amide bonds. The van der Waals surface area contributed by atoms with Gasteiger partial charge in [-0.2, -0.15) is 0 Å². The van der Waals surface area contributed by atoms with Crippen LogP contribution in [-0.4, -0.2) is 32.1 Å². The maximum atomic E-state index is 13.7. The molecule has 0 aliphatic carbocycles. The van der Waals surface area contributed by atoms with Crippen LogP contribution in [-0.2, 0) is 17.9 Å². The Morgan fingerprint density at radius 1 is 1.27 bits per heavy atom. The molecule has 118 valence electrons. The highest BCUT2D eigenvalue weighted by molar-refractivity contribution is 5.91. The molecule has 1 heterocycles. The average Bonchev–Trinajstić information content (AvgIpc) is 2.95. The fraction of sp³-hybridized carbons (Fsp3) is 0.312. The van der Waals surface area contributed by atoms with E-state index in [0.29, 0.717) is 17.9 Å². The van der Waals surface area contributed by atoms with Gasteiger partial charge in [-0.1, -0.05) is 6.07 Å². The molecule has 0 aliphatic rings. The Bertz CT molecular complexity index is 653. The van der Waals surface area contributed by atoms with Crippen LogP contribution in [0.15, 0.2) is 34.7 Å². The zero-order valence-corrected chi connectivity index (χ0v) is 12.8. The summed E-state index contributed by atoms with van der Waals surface area (Å²) in [7, 11) is 4.58. The minimum Gasteiger partial charge on any atom is -0.494 e. The molecular formula is C16H18FNO4. The number of methoxy groups -OCH3 is 2. The van der Waals surface area contributed by atoms with Gasteiger partial charge in [0, 0.05) is 20.7 Å². The van der Waals surface area contributed by atoms with E-state index in [9.17, 15) is 9.18 Å². The van der Waals surface area contributed by atoms with Crippen LogP contribution in [0, 0.1) is 5.82 Å². The second-order valence-corrected chi connectivity index (χ2v) is 4.83. The van der Waals surface area contributed by atoms with Crippen LogP contribution in [0.4, 0.5) is 4.39 Å². The molecule has 0 aliphatic heterocycles. The number of hydrogen-bond donors (Lipinski definition) is 0. The van der Waals surface area contributed by atoms with Crippen LogP contribution in [0.1, 0.15) is 21.9 Å². The number of nitrogens with zero attached hydrogens (tertiary/aromatic N) is 1. The third-order valence-corrected chi connectivity index (χ3v) is 3.14. The van der Waals surface area contributed by atoms with Gasteiger partial charge in [-0.05, 0) is 29.8 Å². The number of ether oxygens (including phenoxy) is 2. The van der Waals surface area contributed by atoms with Crippen LogP contribution in [0.25, 0.3) is 0 Å². The van der Waals surface area contributed by atoms with E-state index in [1.54, 1.807) is 32.4 Å². The van der Waals surface area contributed by atoms with Gasteiger partial charge < -0.3 is 18.8 Å². The smallest absolute Gasteiger partial charge is 0.289 e. The van der Waals surface area contributed by atoms with E-state index < -0.39 is 5.82 Å². The number of amides is 1. The van der Waals surface area contributed by atoms with Gasteiger partial charge in [-0.3, -0.25) is 4.79 Å². The number of carbonyl (C=O) groups excluding carboxylic acids is 1. The zero-order valence-electron chi connectivity index (χ0n) is 12.8. The van der Waals surface area contributed by atoms with E-state index >= 15 is 0 Å². The predicted molar refractivity (Wildman–Crippen MR) is 78.2 cm³/mol. The highest BCUT2D eigenvalue weighted by atomic mass is 19.1. The first-order valence-electron chi connectivity index (χ1n) is 6.70. The van der Waals surface area contributed by atoms with Crippen LogP contribution < -0.4 is 4.74 Å². The number of benzene rings is 1. The lowest BCUT2D eigenvalue weighted by molar-refractivity contribution is 0.0745. The summed E-state index contributed by atoms with van der Waals surface area (Å²) in [6.45, 7) is 0.570. The Balaban J connectivity index is 2.05. The first-order valence-corrected chi connectivity index (χ1v) is 6.70. The number of carbonyl (C=O) groups is 1. The molecule has 5 nitrogen and oxygen atoms in total. The van der Waals surface area contributed by atoms with Gasteiger partial charge in [0.2, 0.25) is 0 Å². The standard InChI is InChI=1S/C16H18FNO4/c1-18(9-11-4-6-14(21-3)13(17)8-11)16(19)15-7-5-12(22-15)10-20-2/h4-8H,9-10H2,1-3H3. The molecule has 2 rings (SSSR count). The topological polar surface area (TPSA) is 51.9 Å². The number of furan rings is 1. The normalized spacial score (nSPS) is 10.5. The minimum atomic E-state index is -0.457. The molecule has 0 spiro atoms. The molecule has 22 heavy (non-hydrogen) atoms. The molecule has 0 N–H and O–H groups in total. The third kappa shape index (κ3) is 3.65. The molecule has 0 saturated carbocycles. The quantitative estimate of drug-likeness (QED) is 0.823. The predicted octanol–water partition coefficient (Wildman–Crippen LogP) is 2.85. The summed E-state index contributed by atoms with van der Waals surface area (Å²) < 4.78 is 28.9. The highest BCUT2D eigenvalue weighted by Gasteiger charge is 2.17. The van der Waals surface area contributed by atoms with Gasteiger partial charge in [0.1, 0.15) is 12.4 Å². The van der Waals surface area contributed by atoms with E-state index in [1.165, 1.54) is 24.1 Å². The van der Waals surface area contributed by atoms with Gasteiger partial charge in [0.05, 0.1) is 7.11 Å². The molecule has 1 aromatic heterocycles. The average molecular weight is 307 g/mol. The summed E-state index contributed by atoms with van der Waals surface area (Å²) in [5.41, 5.74) is 0.665. The molecule has 0 bridgehead atoms. The van der Waals surface area contributed by atoms with Crippen LogP contribution in [0.2, 0.25) is 0 Å². The molecular weight excluding hydrogens is 289 g/mol. The minimum absolute atomic E-state index is 0.174. The van der Waals surface area contributed by atoms with Crippen molar-refractivity contribution in [3.63, 3.8) is 0 Å². The van der Waals surface area contributed by atoms with Crippen molar-refractivity contribution in [3.8, 4) is 5.75 Å². The third-order valence-electron chi connectivity index (χ3n) is 3.14. The van der Waals surface area contributed by atoms with Crippen molar-refractivity contribution in [3.05, 3.63) is 53.2 Å². The summed E-state index contributed by atoms with van der Waals surface area (Å²) in [6, 6.07) is 7.89. The van der Waals surface area contributed by atoms with Gasteiger partial charge in [-0.15, -0.1) is 0 Å². The van der Waals surface area contributed by atoms with Crippen LogP contribution in [0.5, 0.6) is 5.75 Å². The molecule has 0 radical (unpaired) electrons. The molecule has 0 saturated heterocycles. The summed E-state index contributed by atoms with van der Waals surface area (Å²) in [6.07, 6.45) is 0. The highest BCUT2D eigenvalue weighted by Crippen LogP contribution is 2.19. The van der Waals surface area contributed by atoms with Crippen molar-refractivity contribution >= 4 is 5.91 Å². The Hall–Kier alpha value is -2.34. The molecule has 6 heteroatoms. The van der Waals surface area contributed by atoms with Gasteiger partial charge in [-0.25, -0.2) is 4.39 Å². The first kappa shape index (κ1) is 16.0. The van der Waals surface area contributed by atoms with Crippen molar-refractivity contribution in [2.45, 2.75) is 13.2 Å². The largest absolute Gasteiger partial charge is 0.494 e. The molecule has 0 unspecified atom stereocenters. The molecule has 2 aromatic rings. The lowest BCUT2D eigenvalue weighted by atomic mass is 10.2. The Labute approximate surface area is 128 Å². The second-order valence-electron chi connectivity index (χ2n) is 4.83. The van der Waals surface area contributed by atoms with Crippen LogP contribution in [0.3, 0.4) is 0 Å². The van der Waals surface area contributed by atoms with Gasteiger partial charge >= 0.3 is 0 Å². The molecule has 0 atom stereocenters. The monoisotopic (exact) mass is 307 g/mol. The van der Waals surface area contributed by atoms with E-state index in [0.717, 1.165) is 0 Å². The number of rotatable bonds is 6. The van der Waals surface area contributed by atoms with Gasteiger partial charge in [0.25, 0.3) is 5.91 Å². The first-order chi connectivity index (χ1) is 10.5. The maximum Gasteiger partial charge on any atom is 0.289 e. The van der Waals surface area contributed by atoms with Crippen molar-refractivity contribution in [1.82, 2.24) is 4.90 Å². The van der Waals surface area contributed by atoms with Gasteiger partial charge in [0.15, 0.2) is 17.3 Å². The van der Waals surface area contributed by atoms with E-state index in [2.05, 4.69) is 0 Å². The summed E-state index contributed by atoms with van der Waals surface area (Å²) in [5, 5.41) is 0. The van der Waals surface area contributed by atoms with E-state index in [-0.39, 0.29) is 24.0 Å². The second kappa shape index (κ2) is 7.09. The SMILES string of the molecule is COCc1ccc(C(=O)N(C)Cc2ccc(OC)c(F)c2)o1. The lowest BCUT2D eigenvalue weighted by Gasteiger charge is -2.16. The fourth-order valence-electron chi connectivity index (χ4n) is 2.05. The van der Waals surface area contributed by atoms with Crippen molar-refractivity contribution < 1.29 is 23.1 Å².